The summed E-state index contributed by atoms with van der Waals surface area (Å²) in [4.78, 5) is 38.7. The number of fused-ring (bicyclic) bond motifs is 4. The topological polar surface area (TPSA) is 105 Å². The molecule has 3 heterocycles. The average Bonchev–Trinajstić information content (AvgIpc) is 2.85. The average molecular weight is 374 g/mol. The van der Waals surface area contributed by atoms with E-state index in [2.05, 4.69) is 15.5 Å². The number of non-ortho nitro benzene ring substituents is 1. The van der Waals surface area contributed by atoms with Crippen LogP contribution in [0.1, 0.15) is 31.2 Å². The molecule has 136 valence electrons. The number of nitro benzene ring substituents is 1. The Morgan fingerprint density at radius 2 is 1.92 bits per heavy atom. The van der Waals surface area contributed by atoms with Gasteiger partial charge < -0.3 is 15.5 Å². The summed E-state index contributed by atoms with van der Waals surface area (Å²) in [5.41, 5.74) is 0.158. The maximum Gasteiger partial charge on any atom is 0.269 e. The van der Waals surface area contributed by atoms with Gasteiger partial charge in [0.1, 0.15) is 0 Å². The standard InChI is InChI=1S/C17H18N4O4S/c22-14-17(15(23)19-16(26)18-14)9-10-8-11(21(24)25)5-6-12(10)20-7-3-1-2-4-13(17)20/h5-6,8,13H,1-4,7,9H2,(H2,18,19,22,23,26)/t13-/m0/s1. The van der Waals surface area contributed by atoms with Gasteiger partial charge in [-0.3, -0.25) is 19.7 Å². The molecule has 2 saturated heterocycles. The van der Waals surface area contributed by atoms with E-state index in [0.29, 0.717) is 18.5 Å². The summed E-state index contributed by atoms with van der Waals surface area (Å²) in [7, 11) is 0. The second-order valence-corrected chi connectivity index (χ2v) is 7.42. The number of carbonyl (C=O) groups is 2. The first-order chi connectivity index (χ1) is 12.4. The smallest absolute Gasteiger partial charge is 0.269 e. The summed E-state index contributed by atoms with van der Waals surface area (Å²) >= 11 is 4.95. The number of anilines is 1. The second-order valence-electron chi connectivity index (χ2n) is 7.01. The van der Waals surface area contributed by atoms with Crippen molar-refractivity contribution >= 4 is 40.5 Å². The zero-order valence-electron chi connectivity index (χ0n) is 14.0. The molecule has 2 amide bonds. The Morgan fingerprint density at radius 3 is 2.62 bits per heavy atom. The molecule has 0 radical (unpaired) electrons. The SMILES string of the molecule is O=C1NC(=S)NC(=O)C12Cc1cc([N+](=O)[O-])ccc1N1CCCCC[C@H]12. The molecule has 2 fully saturated rings. The minimum absolute atomic E-state index is 0.00985. The highest BCUT2D eigenvalue weighted by Gasteiger charge is 2.59. The molecule has 1 aromatic carbocycles. The lowest BCUT2D eigenvalue weighted by Gasteiger charge is -2.50. The largest absolute Gasteiger partial charge is 0.367 e. The Kier molecular flexibility index (Phi) is 3.91. The van der Waals surface area contributed by atoms with Crippen LogP contribution in [0.4, 0.5) is 11.4 Å². The van der Waals surface area contributed by atoms with Gasteiger partial charge in [-0.15, -0.1) is 0 Å². The predicted octanol–water partition coefficient (Wildman–Crippen LogP) is 1.42. The van der Waals surface area contributed by atoms with Gasteiger partial charge in [0.15, 0.2) is 10.5 Å². The van der Waals surface area contributed by atoms with Crippen LogP contribution >= 0.6 is 12.2 Å². The van der Waals surface area contributed by atoms with Crippen LogP contribution in [0.2, 0.25) is 0 Å². The molecule has 0 saturated carbocycles. The first-order valence-corrected chi connectivity index (χ1v) is 9.05. The van der Waals surface area contributed by atoms with Crippen molar-refractivity contribution in [2.24, 2.45) is 5.41 Å². The van der Waals surface area contributed by atoms with E-state index < -0.39 is 22.2 Å². The first kappa shape index (κ1) is 16.9. The molecule has 1 atom stereocenters. The molecule has 0 unspecified atom stereocenters. The molecule has 0 bridgehead atoms. The van der Waals surface area contributed by atoms with Gasteiger partial charge in [0.2, 0.25) is 11.8 Å². The van der Waals surface area contributed by atoms with Crippen LogP contribution in [0, 0.1) is 15.5 Å². The molecule has 4 rings (SSSR count). The predicted molar refractivity (Wildman–Crippen MR) is 97.7 cm³/mol. The fourth-order valence-corrected chi connectivity index (χ4v) is 4.65. The van der Waals surface area contributed by atoms with E-state index in [1.54, 1.807) is 6.07 Å². The number of nitrogens with zero attached hydrogens (tertiary/aromatic N) is 2. The van der Waals surface area contributed by atoms with Crippen LogP contribution in [0.15, 0.2) is 18.2 Å². The molecule has 3 aliphatic heterocycles. The van der Waals surface area contributed by atoms with Crippen molar-refractivity contribution in [3.05, 3.63) is 33.9 Å². The Bertz CT molecular complexity index is 820. The van der Waals surface area contributed by atoms with Crippen molar-refractivity contribution in [1.29, 1.82) is 0 Å². The maximum atomic E-state index is 13.0. The molecule has 2 N–H and O–H groups in total. The summed E-state index contributed by atoms with van der Waals surface area (Å²) in [6, 6.07) is 4.41. The van der Waals surface area contributed by atoms with Crippen LogP contribution in [0.5, 0.6) is 0 Å². The lowest BCUT2D eigenvalue weighted by Crippen LogP contribution is -2.71. The minimum atomic E-state index is -1.32. The molecule has 1 spiro atoms. The summed E-state index contributed by atoms with van der Waals surface area (Å²) in [5, 5.41) is 16.4. The number of nitrogens with one attached hydrogen (secondary N) is 2. The highest BCUT2D eigenvalue weighted by Crippen LogP contribution is 2.46. The summed E-state index contributed by atoms with van der Waals surface area (Å²) in [6.45, 7) is 0.711. The Balaban J connectivity index is 1.89. The zero-order chi connectivity index (χ0) is 18.5. The first-order valence-electron chi connectivity index (χ1n) is 8.64. The molecule has 0 aliphatic carbocycles. The third-order valence-corrected chi connectivity index (χ3v) is 5.84. The van der Waals surface area contributed by atoms with Crippen molar-refractivity contribution in [2.75, 3.05) is 11.4 Å². The van der Waals surface area contributed by atoms with Crippen molar-refractivity contribution < 1.29 is 14.5 Å². The van der Waals surface area contributed by atoms with Gasteiger partial charge in [0.25, 0.3) is 5.69 Å². The number of thiocarbonyl (C=S) groups is 1. The van der Waals surface area contributed by atoms with E-state index >= 15 is 0 Å². The zero-order valence-corrected chi connectivity index (χ0v) is 14.8. The van der Waals surface area contributed by atoms with Gasteiger partial charge in [-0.05, 0) is 36.7 Å². The number of hydrogen-bond donors (Lipinski definition) is 2. The van der Waals surface area contributed by atoms with Crippen LogP contribution < -0.4 is 15.5 Å². The van der Waals surface area contributed by atoms with Gasteiger partial charge in [-0.2, -0.15) is 0 Å². The van der Waals surface area contributed by atoms with E-state index in [1.807, 2.05) is 0 Å². The second kappa shape index (κ2) is 6.01. The van der Waals surface area contributed by atoms with E-state index in [4.69, 9.17) is 12.2 Å². The molecule has 3 aliphatic rings. The Hall–Kier alpha value is -2.55. The number of carbonyl (C=O) groups excluding carboxylic acids is 2. The number of nitro groups is 1. The number of hydrogen-bond acceptors (Lipinski definition) is 6. The summed E-state index contributed by atoms with van der Waals surface area (Å²) in [6.07, 6.45) is 3.74. The van der Waals surface area contributed by atoms with Crippen LogP contribution in [-0.4, -0.2) is 34.4 Å². The molecular formula is C17H18N4O4S. The van der Waals surface area contributed by atoms with Crippen LogP contribution in [-0.2, 0) is 16.0 Å². The lowest BCUT2D eigenvalue weighted by molar-refractivity contribution is -0.384. The third-order valence-electron chi connectivity index (χ3n) is 5.64. The highest BCUT2D eigenvalue weighted by atomic mass is 32.1. The molecule has 0 aromatic heterocycles. The van der Waals surface area contributed by atoms with Crippen molar-refractivity contribution in [3.63, 3.8) is 0 Å². The summed E-state index contributed by atoms with van der Waals surface area (Å²) in [5.74, 6) is -0.833. The maximum absolute atomic E-state index is 13.0. The molecule has 8 nitrogen and oxygen atoms in total. The molecule has 9 heteroatoms. The lowest BCUT2D eigenvalue weighted by atomic mass is 9.67. The Morgan fingerprint density at radius 1 is 1.19 bits per heavy atom. The molecule has 1 aromatic rings. The highest BCUT2D eigenvalue weighted by molar-refractivity contribution is 7.80. The van der Waals surface area contributed by atoms with Gasteiger partial charge in [0.05, 0.1) is 11.0 Å². The summed E-state index contributed by atoms with van der Waals surface area (Å²) < 4.78 is 0. The van der Waals surface area contributed by atoms with Crippen LogP contribution in [0.3, 0.4) is 0 Å². The quantitative estimate of drug-likeness (QED) is 0.333. The fraction of sp³-hybridized carbons (Fsp3) is 0.471. The minimum Gasteiger partial charge on any atom is -0.367 e. The van der Waals surface area contributed by atoms with Gasteiger partial charge in [0, 0.05) is 30.8 Å². The van der Waals surface area contributed by atoms with E-state index in [1.165, 1.54) is 12.1 Å². The third kappa shape index (κ3) is 2.38. The van der Waals surface area contributed by atoms with Gasteiger partial charge >= 0.3 is 0 Å². The van der Waals surface area contributed by atoms with Crippen molar-refractivity contribution in [2.45, 2.75) is 38.1 Å². The molecule has 26 heavy (non-hydrogen) atoms. The van der Waals surface area contributed by atoms with E-state index in [9.17, 15) is 19.7 Å². The van der Waals surface area contributed by atoms with Gasteiger partial charge in [-0.25, -0.2) is 0 Å². The Labute approximate surface area is 155 Å². The van der Waals surface area contributed by atoms with Crippen LogP contribution in [0.25, 0.3) is 0 Å². The normalized spacial score (nSPS) is 24.2. The van der Waals surface area contributed by atoms with E-state index in [0.717, 1.165) is 24.9 Å². The molecular weight excluding hydrogens is 356 g/mol. The van der Waals surface area contributed by atoms with Crippen molar-refractivity contribution in [1.82, 2.24) is 10.6 Å². The van der Waals surface area contributed by atoms with Gasteiger partial charge in [-0.1, -0.05) is 12.8 Å². The number of amides is 2. The van der Waals surface area contributed by atoms with E-state index in [-0.39, 0.29) is 23.3 Å². The number of rotatable bonds is 1. The van der Waals surface area contributed by atoms with Crippen molar-refractivity contribution in [3.8, 4) is 0 Å². The number of benzene rings is 1. The monoisotopic (exact) mass is 374 g/mol. The fourth-order valence-electron chi connectivity index (χ4n) is 4.46.